The van der Waals surface area contributed by atoms with Crippen molar-refractivity contribution < 1.29 is 9.53 Å². The van der Waals surface area contributed by atoms with Crippen LogP contribution in [0.25, 0.3) is 0 Å². The quantitative estimate of drug-likeness (QED) is 0.756. The van der Waals surface area contributed by atoms with Crippen LogP contribution in [0.4, 0.5) is 0 Å². The number of piperidine rings is 1. The summed E-state index contributed by atoms with van der Waals surface area (Å²) in [6.07, 6.45) is 5.30. The zero-order valence-corrected chi connectivity index (χ0v) is 15.4. The Morgan fingerprint density at radius 2 is 1.96 bits per heavy atom. The molecule has 0 spiro atoms. The zero-order valence-electron chi connectivity index (χ0n) is 15.4. The third-order valence-corrected chi connectivity index (χ3v) is 5.93. The lowest BCUT2D eigenvalue weighted by molar-refractivity contribution is -0.142. The third kappa shape index (κ3) is 3.99. The minimum Gasteiger partial charge on any atom is -0.370 e. The van der Waals surface area contributed by atoms with Gasteiger partial charge < -0.3 is 14.5 Å². The van der Waals surface area contributed by atoms with E-state index in [9.17, 15) is 9.59 Å². The number of amides is 1. The van der Waals surface area contributed by atoms with E-state index in [4.69, 9.17) is 4.74 Å². The van der Waals surface area contributed by atoms with Crippen molar-refractivity contribution >= 4 is 5.91 Å². The highest BCUT2D eigenvalue weighted by Crippen LogP contribution is 2.20. The molecule has 0 radical (unpaired) electrons. The van der Waals surface area contributed by atoms with Gasteiger partial charge in [0, 0.05) is 32.2 Å². The number of aryl methyl sites for hydroxylation is 2. The molecular weight excluding hydrogens is 332 g/mol. The molecule has 0 bridgehead atoms. The van der Waals surface area contributed by atoms with Crippen molar-refractivity contribution in [2.75, 3.05) is 45.9 Å². The molecule has 7 nitrogen and oxygen atoms in total. The van der Waals surface area contributed by atoms with Crippen molar-refractivity contribution in [1.29, 1.82) is 0 Å². The van der Waals surface area contributed by atoms with E-state index in [0.717, 1.165) is 76.1 Å². The summed E-state index contributed by atoms with van der Waals surface area (Å²) in [5.41, 5.74) is 2.33. The van der Waals surface area contributed by atoms with Gasteiger partial charge in [0.2, 0.25) is 5.91 Å². The fourth-order valence-electron chi connectivity index (χ4n) is 4.26. The van der Waals surface area contributed by atoms with E-state index >= 15 is 0 Å². The second kappa shape index (κ2) is 7.88. The molecule has 7 heteroatoms. The first kappa shape index (κ1) is 17.7. The maximum Gasteiger partial charge on any atom is 0.267 e. The van der Waals surface area contributed by atoms with Crippen molar-refractivity contribution in [2.45, 2.75) is 38.6 Å². The predicted octanol–water partition coefficient (Wildman–Crippen LogP) is 0.303. The molecule has 0 saturated carbocycles. The molecule has 3 aliphatic rings. The van der Waals surface area contributed by atoms with Gasteiger partial charge in [0.15, 0.2) is 0 Å². The summed E-state index contributed by atoms with van der Waals surface area (Å²) in [4.78, 5) is 28.4. The maximum absolute atomic E-state index is 12.3. The molecule has 2 saturated heterocycles. The number of hydrogen-bond acceptors (Lipinski definition) is 5. The molecule has 2 fully saturated rings. The van der Waals surface area contributed by atoms with Crippen molar-refractivity contribution in [3.63, 3.8) is 0 Å². The molecule has 0 atom stereocenters. The topological polar surface area (TPSA) is 67.7 Å². The van der Waals surface area contributed by atoms with Gasteiger partial charge in [-0.2, -0.15) is 5.10 Å². The van der Waals surface area contributed by atoms with Crippen LogP contribution < -0.4 is 5.56 Å². The standard InChI is InChI=1S/C19H28N4O3/c24-18-12-16-2-1-3-17(16)20-23(18)13-15-4-6-21(7-5-15)8-9-22-10-11-26-14-19(22)25/h12,15H,1-11,13-14H2. The van der Waals surface area contributed by atoms with Crippen LogP contribution >= 0.6 is 0 Å². The molecule has 3 heterocycles. The van der Waals surface area contributed by atoms with Crippen molar-refractivity contribution in [3.05, 3.63) is 27.7 Å². The number of morpholine rings is 1. The number of ether oxygens (including phenoxy) is 1. The predicted molar refractivity (Wildman–Crippen MR) is 97.1 cm³/mol. The molecule has 1 amide bonds. The number of carbonyl (C=O) groups excluding carboxylic acids is 1. The number of hydrogen-bond donors (Lipinski definition) is 0. The first-order chi connectivity index (χ1) is 12.7. The summed E-state index contributed by atoms with van der Waals surface area (Å²) >= 11 is 0. The molecule has 1 aromatic heterocycles. The normalized spacial score (nSPS) is 22.0. The first-order valence-corrected chi connectivity index (χ1v) is 9.87. The van der Waals surface area contributed by atoms with Crippen molar-refractivity contribution in [1.82, 2.24) is 19.6 Å². The van der Waals surface area contributed by atoms with Crippen molar-refractivity contribution in [2.24, 2.45) is 5.92 Å². The van der Waals surface area contributed by atoms with Gasteiger partial charge >= 0.3 is 0 Å². The van der Waals surface area contributed by atoms with Crippen molar-refractivity contribution in [3.8, 4) is 0 Å². The summed E-state index contributed by atoms with van der Waals surface area (Å²) in [5, 5.41) is 4.61. The monoisotopic (exact) mass is 360 g/mol. The lowest BCUT2D eigenvalue weighted by Crippen LogP contribution is -2.46. The maximum atomic E-state index is 12.3. The molecular formula is C19H28N4O3. The highest BCUT2D eigenvalue weighted by molar-refractivity contribution is 5.77. The van der Waals surface area contributed by atoms with Crippen LogP contribution in [0.3, 0.4) is 0 Å². The van der Waals surface area contributed by atoms with Gasteiger partial charge in [0.25, 0.3) is 5.56 Å². The summed E-state index contributed by atoms with van der Waals surface area (Å²) in [7, 11) is 0. The number of likely N-dealkylation sites (tertiary alicyclic amines) is 1. The fraction of sp³-hybridized carbons (Fsp3) is 0.737. The molecule has 0 N–H and O–H groups in total. The van der Waals surface area contributed by atoms with Gasteiger partial charge in [-0.3, -0.25) is 9.59 Å². The Hall–Kier alpha value is -1.73. The van der Waals surface area contributed by atoms with E-state index in [1.54, 1.807) is 10.7 Å². The van der Waals surface area contributed by atoms with Gasteiger partial charge in [-0.05, 0) is 56.7 Å². The van der Waals surface area contributed by atoms with Gasteiger partial charge in [0.05, 0.1) is 12.3 Å². The second-order valence-electron chi connectivity index (χ2n) is 7.71. The molecule has 26 heavy (non-hydrogen) atoms. The van der Waals surface area contributed by atoms with E-state index < -0.39 is 0 Å². The van der Waals surface area contributed by atoms with Crippen LogP contribution in [-0.4, -0.2) is 71.4 Å². The van der Waals surface area contributed by atoms with Crippen LogP contribution in [0.2, 0.25) is 0 Å². The van der Waals surface area contributed by atoms with Gasteiger partial charge in [0.1, 0.15) is 6.61 Å². The average molecular weight is 360 g/mol. The first-order valence-electron chi connectivity index (χ1n) is 9.87. The summed E-state index contributed by atoms with van der Waals surface area (Å²) in [5.74, 6) is 0.620. The Bertz CT molecular complexity index is 709. The summed E-state index contributed by atoms with van der Waals surface area (Å²) in [6.45, 7) is 6.10. The SMILES string of the molecule is O=C1COCCN1CCN1CCC(Cn2nc3c(cc2=O)CCC3)CC1. The van der Waals surface area contributed by atoms with Gasteiger partial charge in [-0.25, -0.2) is 4.68 Å². The fourth-order valence-corrected chi connectivity index (χ4v) is 4.26. The minimum absolute atomic E-state index is 0.0545. The van der Waals surface area contributed by atoms with Gasteiger partial charge in [-0.15, -0.1) is 0 Å². The smallest absolute Gasteiger partial charge is 0.267 e. The number of nitrogens with zero attached hydrogens (tertiary/aromatic N) is 4. The number of carbonyl (C=O) groups is 1. The molecule has 1 aliphatic carbocycles. The van der Waals surface area contributed by atoms with E-state index in [1.807, 2.05) is 4.90 Å². The Morgan fingerprint density at radius 3 is 2.77 bits per heavy atom. The molecule has 2 aliphatic heterocycles. The highest BCUT2D eigenvalue weighted by atomic mass is 16.5. The molecule has 1 aromatic rings. The number of rotatable bonds is 5. The summed E-state index contributed by atoms with van der Waals surface area (Å²) in [6, 6.07) is 1.80. The number of fused-ring (bicyclic) bond motifs is 1. The van der Waals surface area contributed by atoms with Crippen LogP contribution in [0.1, 0.15) is 30.5 Å². The van der Waals surface area contributed by atoms with E-state index in [2.05, 4.69) is 10.00 Å². The zero-order chi connectivity index (χ0) is 17.9. The lowest BCUT2D eigenvalue weighted by Gasteiger charge is -2.34. The largest absolute Gasteiger partial charge is 0.370 e. The van der Waals surface area contributed by atoms with Gasteiger partial charge in [-0.1, -0.05) is 0 Å². The molecule has 0 unspecified atom stereocenters. The Labute approximate surface area is 153 Å². The second-order valence-corrected chi connectivity index (χ2v) is 7.71. The van der Waals surface area contributed by atoms with Crippen LogP contribution in [0.15, 0.2) is 10.9 Å². The lowest BCUT2D eigenvalue weighted by atomic mass is 9.97. The van der Waals surface area contributed by atoms with E-state index in [1.165, 1.54) is 0 Å². The summed E-state index contributed by atoms with van der Waals surface area (Å²) < 4.78 is 6.86. The number of aromatic nitrogens is 2. The Morgan fingerprint density at radius 1 is 1.12 bits per heavy atom. The third-order valence-electron chi connectivity index (χ3n) is 5.93. The highest BCUT2D eigenvalue weighted by Gasteiger charge is 2.23. The average Bonchev–Trinajstić information content (AvgIpc) is 3.09. The van der Waals surface area contributed by atoms with E-state index in [-0.39, 0.29) is 18.1 Å². The Balaban J connectivity index is 1.25. The Kier molecular flexibility index (Phi) is 5.36. The van der Waals surface area contributed by atoms with E-state index in [0.29, 0.717) is 19.1 Å². The molecule has 4 rings (SSSR count). The van der Waals surface area contributed by atoms with Crippen LogP contribution in [-0.2, 0) is 28.9 Å². The molecule has 142 valence electrons. The molecule has 0 aromatic carbocycles. The van der Waals surface area contributed by atoms with Crippen LogP contribution in [0.5, 0.6) is 0 Å². The van der Waals surface area contributed by atoms with Crippen LogP contribution in [0, 0.1) is 5.92 Å². The minimum atomic E-state index is 0.0545.